The van der Waals surface area contributed by atoms with E-state index in [1.165, 1.54) is 6.07 Å². The van der Waals surface area contributed by atoms with Crippen molar-refractivity contribution in [1.82, 2.24) is 0 Å². The van der Waals surface area contributed by atoms with Crippen molar-refractivity contribution in [3.05, 3.63) is 53.6 Å². The van der Waals surface area contributed by atoms with Gasteiger partial charge in [0.2, 0.25) is 6.79 Å². The molecule has 0 aliphatic carbocycles. The second-order valence-corrected chi connectivity index (χ2v) is 4.18. The monoisotopic (exact) mass is 277 g/mol. The minimum Gasteiger partial charge on any atom is -0.454 e. The molecule has 0 saturated heterocycles. The quantitative estimate of drug-likeness (QED) is 0.918. The number of halogens is 2. The van der Waals surface area contributed by atoms with Crippen LogP contribution in [0.1, 0.15) is 10.4 Å². The molecule has 1 aliphatic heterocycles. The summed E-state index contributed by atoms with van der Waals surface area (Å²) in [6, 6.07) is 7.45. The van der Waals surface area contributed by atoms with Crippen molar-refractivity contribution in [2.45, 2.75) is 0 Å². The van der Waals surface area contributed by atoms with E-state index in [2.05, 4.69) is 5.32 Å². The molecule has 0 aromatic heterocycles. The maximum Gasteiger partial charge on any atom is 0.255 e. The fourth-order valence-electron chi connectivity index (χ4n) is 1.87. The number of fused-ring (bicyclic) bond motifs is 1. The minimum absolute atomic E-state index is 0.0465. The van der Waals surface area contributed by atoms with E-state index in [4.69, 9.17) is 9.47 Å². The summed E-state index contributed by atoms with van der Waals surface area (Å²) in [6.45, 7) is 0.107. The van der Waals surface area contributed by atoms with Crippen LogP contribution in [-0.2, 0) is 0 Å². The molecule has 0 unspecified atom stereocenters. The fourth-order valence-corrected chi connectivity index (χ4v) is 1.87. The molecule has 0 bridgehead atoms. The van der Waals surface area contributed by atoms with E-state index < -0.39 is 17.5 Å². The topological polar surface area (TPSA) is 47.6 Å². The molecular formula is C14H9F2NO3. The number of nitrogens with one attached hydrogen (secondary N) is 1. The smallest absolute Gasteiger partial charge is 0.255 e. The predicted molar refractivity (Wildman–Crippen MR) is 66.9 cm³/mol. The Morgan fingerprint density at radius 3 is 2.45 bits per heavy atom. The summed E-state index contributed by atoms with van der Waals surface area (Å²) in [5.41, 5.74) is 0.351. The van der Waals surface area contributed by atoms with E-state index in [-0.39, 0.29) is 12.5 Å². The maximum absolute atomic E-state index is 13.0. The summed E-state index contributed by atoms with van der Waals surface area (Å²) in [7, 11) is 0. The first-order chi connectivity index (χ1) is 9.61. The Kier molecular flexibility index (Phi) is 2.98. The Morgan fingerprint density at radius 1 is 1.00 bits per heavy atom. The van der Waals surface area contributed by atoms with Gasteiger partial charge in [-0.25, -0.2) is 8.78 Å². The molecule has 6 heteroatoms. The molecule has 1 amide bonds. The van der Waals surface area contributed by atoms with Crippen LogP contribution in [0.3, 0.4) is 0 Å². The summed E-state index contributed by atoms with van der Waals surface area (Å²) >= 11 is 0. The zero-order chi connectivity index (χ0) is 14.1. The summed E-state index contributed by atoms with van der Waals surface area (Å²) in [5, 5.41) is 2.42. The molecule has 0 fully saturated rings. The third-order valence-corrected chi connectivity index (χ3v) is 2.76. The molecule has 2 aromatic rings. The third kappa shape index (κ3) is 2.40. The van der Waals surface area contributed by atoms with Crippen LogP contribution in [0.25, 0.3) is 0 Å². The van der Waals surface area contributed by atoms with Gasteiger partial charge in [0.25, 0.3) is 5.91 Å². The molecule has 4 nitrogen and oxygen atoms in total. The number of anilines is 1. The molecule has 2 aromatic carbocycles. The maximum atomic E-state index is 13.0. The number of hydrogen-bond donors (Lipinski definition) is 1. The summed E-state index contributed by atoms with van der Waals surface area (Å²) < 4.78 is 36.4. The largest absolute Gasteiger partial charge is 0.454 e. The second kappa shape index (κ2) is 4.80. The Morgan fingerprint density at radius 2 is 1.70 bits per heavy atom. The van der Waals surface area contributed by atoms with E-state index in [9.17, 15) is 13.6 Å². The lowest BCUT2D eigenvalue weighted by molar-refractivity contribution is 0.102. The van der Waals surface area contributed by atoms with Crippen LogP contribution in [0, 0.1) is 11.6 Å². The van der Waals surface area contributed by atoms with Gasteiger partial charge < -0.3 is 14.8 Å². The number of ether oxygens (including phenoxy) is 2. The average Bonchev–Trinajstić information content (AvgIpc) is 2.84. The molecule has 102 valence electrons. The molecular weight excluding hydrogens is 268 g/mol. The summed E-state index contributed by atoms with van der Waals surface area (Å²) in [5.74, 6) is -0.994. The first kappa shape index (κ1) is 12.4. The SMILES string of the molecule is O=C(Nc1cc(F)cc(F)c1)c1ccc2c(c1)OCO2. The van der Waals surface area contributed by atoms with Crippen molar-refractivity contribution < 1.29 is 23.0 Å². The first-order valence-corrected chi connectivity index (χ1v) is 5.79. The van der Waals surface area contributed by atoms with Gasteiger partial charge in [-0.2, -0.15) is 0 Å². The average molecular weight is 277 g/mol. The molecule has 0 spiro atoms. The lowest BCUT2D eigenvalue weighted by atomic mass is 10.2. The van der Waals surface area contributed by atoms with Crippen LogP contribution < -0.4 is 14.8 Å². The van der Waals surface area contributed by atoms with Gasteiger partial charge in [0.05, 0.1) is 0 Å². The van der Waals surface area contributed by atoms with Gasteiger partial charge in [0, 0.05) is 17.3 Å². The van der Waals surface area contributed by atoms with Crippen LogP contribution in [0.2, 0.25) is 0 Å². The van der Waals surface area contributed by atoms with Gasteiger partial charge in [0.15, 0.2) is 11.5 Å². The molecule has 20 heavy (non-hydrogen) atoms. The molecule has 1 N–H and O–H groups in total. The standard InChI is InChI=1S/C14H9F2NO3/c15-9-4-10(16)6-11(5-9)17-14(18)8-1-2-12-13(3-8)20-7-19-12/h1-6H,7H2,(H,17,18). The highest BCUT2D eigenvalue weighted by Gasteiger charge is 2.16. The van der Waals surface area contributed by atoms with Crippen LogP contribution in [0.4, 0.5) is 14.5 Å². The molecule has 0 saturated carbocycles. The Hall–Kier alpha value is -2.63. The van der Waals surface area contributed by atoms with E-state index in [1.54, 1.807) is 12.1 Å². The van der Waals surface area contributed by atoms with Gasteiger partial charge in [-0.05, 0) is 30.3 Å². The van der Waals surface area contributed by atoms with Crippen molar-refractivity contribution in [2.75, 3.05) is 12.1 Å². The number of carbonyl (C=O) groups is 1. The van der Waals surface area contributed by atoms with Gasteiger partial charge in [-0.3, -0.25) is 4.79 Å². The van der Waals surface area contributed by atoms with Crippen molar-refractivity contribution >= 4 is 11.6 Å². The lowest BCUT2D eigenvalue weighted by Gasteiger charge is -2.06. The number of carbonyl (C=O) groups excluding carboxylic acids is 1. The van der Waals surface area contributed by atoms with Crippen LogP contribution in [-0.4, -0.2) is 12.7 Å². The lowest BCUT2D eigenvalue weighted by Crippen LogP contribution is -2.12. The Labute approximate surface area is 112 Å². The summed E-state index contributed by atoms with van der Waals surface area (Å²) in [6.07, 6.45) is 0. The van der Waals surface area contributed by atoms with Gasteiger partial charge in [-0.15, -0.1) is 0 Å². The Balaban J connectivity index is 1.82. The third-order valence-electron chi connectivity index (χ3n) is 2.76. The number of rotatable bonds is 2. The van der Waals surface area contributed by atoms with E-state index >= 15 is 0 Å². The Bertz CT molecular complexity index is 668. The minimum atomic E-state index is -0.758. The van der Waals surface area contributed by atoms with E-state index in [0.717, 1.165) is 18.2 Å². The van der Waals surface area contributed by atoms with E-state index in [1.807, 2.05) is 0 Å². The molecule has 1 heterocycles. The summed E-state index contributed by atoms with van der Waals surface area (Å²) in [4.78, 5) is 12.0. The number of amides is 1. The zero-order valence-electron chi connectivity index (χ0n) is 10.2. The number of benzene rings is 2. The molecule has 1 aliphatic rings. The van der Waals surface area contributed by atoms with Gasteiger partial charge >= 0.3 is 0 Å². The van der Waals surface area contributed by atoms with Crippen LogP contribution >= 0.6 is 0 Å². The zero-order valence-corrected chi connectivity index (χ0v) is 10.2. The highest BCUT2D eigenvalue weighted by atomic mass is 19.1. The van der Waals surface area contributed by atoms with Crippen LogP contribution in [0.15, 0.2) is 36.4 Å². The number of hydrogen-bond acceptors (Lipinski definition) is 3. The van der Waals surface area contributed by atoms with Crippen molar-refractivity contribution in [3.63, 3.8) is 0 Å². The highest BCUT2D eigenvalue weighted by molar-refractivity contribution is 6.04. The van der Waals surface area contributed by atoms with Crippen molar-refractivity contribution in [3.8, 4) is 11.5 Å². The van der Waals surface area contributed by atoms with Gasteiger partial charge in [-0.1, -0.05) is 0 Å². The second-order valence-electron chi connectivity index (χ2n) is 4.18. The van der Waals surface area contributed by atoms with Crippen LogP contribution in [0.5, 0.6) is 11.5 Å². The molecule has 3 rings (SSSR count). The van der Waals surface area contributed by atoms with E-state index in [0.29, 0.717) is 17.1 Å². The normalized spacial score (nSPS) is 12.3. The van der Waals surface area contributed by atoms with Crippen molar-refractivity contribution in [1.29, 1.82) is 0 Å². The fraction of sp³-hybridized carbons (Fsp3) is 0.0714. The highest BCUT2D eigenvalue weighted by Crippen LogP contribution is 2.32. The predicted octanol–water partition coefficient (Wildman–Crippen LogP) is 2.95. The van der Waals surface area contributed by atoms with Crippen molar-refractivity contribution in [2.24, 2.45) is 0 Å². The first-order valence-electron chi connectivity index (χ1n) is 5.79. The van der Waals surface area contributed by atoms with Gasteiger partial charge in [0.1, 0.15) is 11.6 Å². The molecule has 0 atom stereocenters. The molecule has 0 radical (unpaired) electrons.